The van der Waals surface area contributed by atoms with E-state index < -0.39 is 0 Å². The molecule has 0 aliphatic carbocycles. The van der Waals surface area contributed by atoms with Crippen LogP contribution in [0.2, 0.25) is 0 Å². The van der Waals surface area contributed by atoms with Crippen molar-refractivity contribution >= 4 is 17.7 Å². The van der Waals surface area contributed by atoms with E-state index in [2.05, 4.69) is 31.2 Å². The van der Waals surface area contributed by atoms with E-state index in [0.717, 1.165) is 36.8 Å². The summed E-state index contributed by atoms with van der Waals surface area (Å²) in [5.74, 6) is 2.58. The van der Waals surface area contributed by atoms with Crippen LogP contribution in [-0.4, -0.2) is 29.6 Å². The van der Waals surface area contributed by atoms with Gasteiger partial charge in [-0.3, -0.25) is 4.79 Å². The van der Waals surface area contributed by atoms with Crippen molar-refractivity contribution in [3.05, 3.63) is 95.6 Å². The van der Waals surface area contributed by atoms with E-state index in [-0.39, 0.29) is 5.91 Å². The van der Waals surface area contributed by atoms with Gasteiger partial charge in [-0.15, -0.1) is 0 Å². The van der Waals surface area contributed by atoms with Crippen LogP contribution >= 0.6 is 11.8 Å². The van der Waals surface area contributed by atoms with Crippen LogP contribution in [0.1, 0.15) is 33.2 Å². The molecular weight excluding hydrogens is 378 g/mol. The number of para-hydroxylation sites is 1. The van der Waals surface area contributed by atoms with Gasteiger partial charge in [-0.2, -0.15) is 11.8 Å². The Kier molecular flexibility index (Phi) is 6.20. The van der Waals surface area contributed by atoms with E-state index in [9.17, 15) is 4.79 Å². The highest BCUT2D eigenvalue weighted by molar-refractivity contribution is 7.99. The van der Waals surface area contributed by atoms with Crippen molar-refractivity contribution in [1.29, 1.82) is 0 Å². The smallest absolute Gasteiger partial charge is 0.253 e. The van der Waals surface area contributed by atoms with Crippen molar-refractivity contribution in [3.63, 3.8) is 0 Å². The van der Waals surface area contributed by atoms with E-state index in [1.54, 1.807) is 0 Å². The number of benzene rings is 3. The van der Waals surface area contributed by atoms with Gasteiger partial charge in [0.2, 0.25) is 0 Å². The first-order valence-electron chi connectivity index (χ1n) is 10.00. The van der Waals surface area contributed by atoms with Crippen molar-refractivity contribution in [1.82, 2.24) is 4.90 Å². The van der Waals surface area contributed by atoms with Gasteiger partial charge in [-0.1, -0.05) is 42.5 Å². The van der Waals surface area contributed by atoms with Gasteiger partial charge in [-0.25, -0.2) is 0 Å². The lowest BCUT2D eigenvalue weighted by Crippen LogP contribution is -2.32. The summed E-state index contributed by atoms with van der Waals surface area (Å²) in [4.78, 5) is 15.0. The molecule has 0 bridgehead atoms. The molecule has 0 radical (unpaired) electrons. The molecular formula is C25H25NO2S. The summed E-state index contributed by atoms with van der Waals surface area (Å²) >= 11 is 1.96. The molecule has 1 atom stereocenters. The van der Waals surface area contributed by atoms with Crippen LogP contribution in [0, 0.1) is 6.92 Å². The van der Waals surface area contributed by atoms with Gasteiger partial charge in [0.05, 0.1) is 0 Å². The van der Waals surface area contributed by atoms with Gasteiger partial charge in [0, 0.05) is 29.7 Å². The molecule has 4 rings (SSSR count). The van der Waals surface area contributed by atoms with Gasteiger partial charge < -0.3 is 9.64 Å². The summed E-state index contributed by atoms with van der Waals surface area (Å²) in [6.45, 7) is 3.74. The molecule has 0 saturated carbocycles. The largest absolute Gasteiger partial charge is 0.457 e. The molecule has 3 nitrogen and oxygen atoms in total. The SMILES string of the molecule is Cc1ccccc1C1CCN(C(=O)c2ccc(Oc3ccccc3)cc2)CCS1. The molecule has 1 aliphatic rings. The second-order valence-corrected chi connectivity index (χ2v) is 8.55. The normalized spacial score (nSPS) is 16.9. The number of aryl methyl sites for hydroxylation is 1. The predicted molar refractivity (Wildman–Crippen MR) is 120 cm³/mol. The van der Waals surface area contributed by atoms with E-state index >= 15 is 0 Å². The van der Waals surface area contributed by atoms with E-state index in [1.165, 1.54) is 11.1 Å². The van der Waals surface area contributed by atoms with Gasteiger partial charge in [0.1, 0.15) is 11.5 Å². The first-order chi connectivity index (χ1) is 14.2. The van der Waals surface area contributed by atoms with E-state index in [4.69, 9.17) is 4.74 Å². The lowest BCUT2D eigenvalue weighted by Gasteiger charge is -2.21. The summed E-state index contributed by atoms with van der Waals surface area (Å²) in [6.07, 6.45) is 0.983. The summed E-state index contributed by atoms with van der Waals surface area (Å²) in [5.41, 5.74) is 3.44. The fourth-order valence-corrected chi connectivity index (χ4v) is 4.97. The number of amides is 1. The minimum absolute atomic E-state index is 0.0993. The Morgan fingerprint density at radius 2 is 1.59 bits per heavy atom. The van der Waals surface area contributed by atoms with Gasteiger partial charge >= 0.3 is 0 Å². The second-order valence-electron chi connectivity index (χ2n) is 7.24. The minimum Gasteiger partial charge on any atom is -0.457 e. The molecule has 3 aromatic carbocycles. The van der Waals surface area contributed by atoms with Gasteiger partial charge in [0.15, 0.2) is 0 Å². The number of carbonyl (C=O) groups excluding carboxylic acids is 1. The van der Waals surface area contributed by atoms with Crippen molar-refractivity contribution in [2.75, 3.05) is 18.8 Å². The standard InChI is InChI=1S/C25H25NO2S/c1-19-7-5-6-10-23(19)24-15-16-26(17-18-29-24)25(27)20-11-13-22(14-12-20)28-21-8-3-2-4-9-21/h2-14,24H,15-18H2,1H3. The van der Waals surface area contributed by atoms with Crippen molar-refractivity contribution < 1.29 is 9.53 Å². The Morgan fingerprint density at radius 1 is 0.897 bits per heavy atom. The van der Waals surface area contributed by atoms with Crippen LogP contribution < -0.4 is 4.74 Å². The topological polar surface area (TPSA) is 29.5 Å². The first-order valence-corrected chi connectivity index (χ1v) is 11.0. The lowest BCUT2D eigenvalue weighted by atomic mass is 10.0. The Morgan fingerprint density at radius 3 is 2.34 bits per heavy atom. The third kappa shape index (κ3) is 4.83. The zero-order chi connectivity index (χ0) is 20.1. The highest BCUT2D eigenvalue weighted by Crippen LogP contribution is 2.36. The Balaban J connectivity index is 1.40. The quantitative estimate of drug-likeness (QED) is 0.526. The molecule has 148 valence electrons. The summed E-state index contributed by atoms with van der Waals surface area (Å²) in [6, 6.07) is 25.7. The lowest BCUT2D eigenvalue weighted by molar-refractivity contribution is 0.0766. The van der Waals surface area contributed by atoms with Gasteiger partial charge in [-0.05, 0) is 60.9 Å². The minimum atomic E-state index is 0.0993. The van der Waals surface area contributed by atoms with Crippen LogP contribution in [0.25, 0.3) is 0 Å². The maximum Gasteiger partial charge on any atom is 0.253 e. The fraction of sp³-hybridized carbons (Fsp3) is 0.240. The van der Waals surface area contributed by atoms with Crippen molar-refractivity contribution in [3.8, 4) is 11.5 Å². The summed E-state index contributed by atoms with van der Waals surface area (Å²) in [7, 11) is 0. The van der Waals surface area contributed by atoms with E-state index in [1.807, 2.05) is 71.3 Å². The summed E-state index contributed by atoms with van der Waals surface area (Å²) in [5, 5.41) is 0.454. The monoisotopic (exact) mass is 403 g/mol. The number of ether oxygens (including phenoxy) is 1. The molecule has 1 heterocycles. The average Bonchev–Trinajstić information content (AvgIpc) is 3.01. The predicted octanol–water partition coefficient (Wildman–Crippen LogP) is 6.11. The molecule has 3 aromatic rings. The zero-order valence-electron chi connectivity index (χ0n) is 16.6. The van der Waals surface area contributed by atoms with Crippen LogP contribution in [0.3, 0.4) is 0 Å². The highest BCUT2D eigenvalue weighted by Gasteiger charge is 2.23. The van der Waals surface area contributed by atoms with Crippen molar-refractivity contribution in [2.45, 2.75) is 18.6 Å². The third-order valence-electron chi connectivity index (χ3n) is 5.24. The maximum atomic E-state index is 13.0. The van der Waals surface area contributed by atoms with E-state index in [0.29, 0.717) is 10.8 Å². The molecule has 1 fully saturated rings. The molecule has 1 aliphatic heterocycles. The van der Waals surface area contributed by atoms with Crippen LogP contribution in [-0.2, 0) is 0 Å². The Bertz CT molecular complexity index is 956. The Hall–Kier alpha value is -2.72. The molecule has 29 heavy (non-hydrogen) atoms. The number of hydrogen-bond donors (Lipinski definition) is 0. The molecule has 1 saturated heterocycles. The number of thioether (sulfide) groups is 1. The van der Waals surface area contributed by atoms with Crippen LogP contribution in [0.4, 0.5) is 0 Å². The number of nitrogens with zero attached hydrogens (tertiary/aromatic N) is 1. The molecule has 4 heteroatoms. The first kappa shape index (κ1) is 19.6. The highest BCUT2D eigenvalue weighted by atomic mass is 32.2. The van der Waals surface area contributed by atoms with Crippen LogP contribution in [0.15, 0.2) is 78.9 Å². The second kappa shape index (κ2) is 9.19. The number of rotatable bonds is 4. The summed E-state index contributed by atoms with van der Waals surface area (Å²) < 4.78 is 5.82. The number of carbonyl (C=O) groups is 1. The third-order valence-corrected chi connectivity index (χ3v) is 6.55. The molecule has 1 amide bonds. The fourth-order valence-electron chi connectivity index (χ4n) is 3.64. The van der Waals surface area contributed by atoms with Crippen molar-refractivity contribution in [2.24, 2.45) is 0 Å². The Labute approximate surface area is 176 Å². The molecule has 0 N–H and O–H groups in total. The maximum absolute atomic E-state index is 13.0. The average molecular weight is 404 g/mol. The number of hydrogen-bond acceptors (Lipinski definition) is 3. The zero-order valence-corrected chi connectivity index (χ0v) is 17.4. The van der Waals surface area contributed by atoms with Gasteiger partial charge in [0.25, 0.3) is 5.91 Å². The molecule has 1 unspecified atom stereocenters. The molecule has 0 spiro atoms. The molecule has 0 aromatic heterocycles. The van der Waals surface area contributed by atoms with Crippen LogP contribution in [0.5, 0.6) is 11.5 Å².